The number of anilines is 1. The normalized spacial score (nSPS) is 26.2. The first-order valence-corrected chi connectivity index (χ1v) is 14.6. The van der Waals surface area contributed by atoms with Crippen LogP contribution in [0.25, 0.3) is 0 Å². The Morgan fingerprint density at radius 2 is 1.79 bits per heavy atom. The molecule has 0 saturated carbocycles. The van der Waals surface area contributed by atoms with Crippen molar-refractivity contribution in [3.63, 3.8) is 0 Å². The Kier molecular flexibility index (Phi) is 6.61. The van der Waals surface area contributed by atoms with Crippen LogP contribution in [0, 0.1) is 21.3 Å². The van der Waals surface area contributed by atoms with Gasteiger partial charge < -0.3 is 9.84 Å². The number of fused-ring (bicyclic) bond motifs is 3. The predicted molar refractivity (Wildman–Crippen MR) is 156 cm³/mol. The Labute approximate surface area is 246 Å². The van der Waals surface area contributed by atoms with Gasteiger partial charge in [-0.1, -0.05) is 17.7 Å². The van der Waals surface area contributed by atoms with Gasteiger partial charge in [0.25, 0.3) is 0 Å². The van der Waals surface area contributed by atoms with Gasteiger partial charge in [0.1, 0.15) is 0 Å². The van der Waals surface area contributed by atoms with E-state index in [1.807, 2.05) is 18.2 Å². The fourth-order valence-corrected chi connectivity index (χ4v) is 7.22. The third kappa shape index (κ3) is 4.12. The summed E-state index contributed by atoms with van der Waals surface area (Å²) in [6.07, 6.45) is 3.83. The summed E-state index contributed by atoms with van der Waals surface area (Å²) in [6, 6.07) is 12.2. The molecular formula is C30H23BrINO6. The fraction of sp³-hybridized carbons (Fsp3) is 0.267. The molecule has 4 unspecified atom stereocenters. The highest BCUT2D eigenvalue weighted by Crippen LogP contribution is 2.56. The number of phenols is 1. The van der Waals surface area contributed by atoms with Crippen molar-refractivity contribution in [3.8, 4) is 11.5 Å². The van der Waals surface area contributed by atoms with E-state index in [9.17, 15) is 24.3 Å². The minimum Gasteiger partial charge on any atom is -0.504 e. The number of benzene rings is 2. The van der Waals surface area contributed by atoms with E-state index < -0.39 is 23.7 Å². The van der Waals surface area contributed by atoms with Crippen LogP contribution in [-0.2, 0) is 19.2 Å². The maximum absolute atomic E-state index is 13.9. The number of carbonyl (C=O) groups is 4. The van der Waals surface area contributed by atoms with E-state index in [0.717, 1.165) is 9.14 Å². The average Bonchev–Trinajstić information content (AvgIpc) is 3.18. The van der Waals surface area contributed by atoms with Crippen molar-refractivity contribution >= 4 is 67.6 Å². The lowest BCUT2D eigenvalue weighted by Crippen LogP contribution is -2.39. The molecule has 198 valence electrons. The molecule has 1 saturated heterocycles. The zero-order valence-corrected chi connectivity index (χ0v) is 24.6. The lowest BCUT2D eigenvalue weighted by atomic mass is 9.59. The van der Waals surface area contributed by atoms with Crippen LogP contribution in [-0.4, -0.2) is 35.1 Å². The number of hydrogen-bond donors (Lipinski definition) is 1. The number of halogens is 2. The van der Waals surface area contributed by atoms with Crippen LogP contribution >= 0.6 is 38.5 Å². The van der Waals surface area contributed by atoms with E-state index in [1.54, 1.807) is 31.2 Å². The smallest absolute Gasteiger partial charge is 0.238 e. The Balaban J connectivity index is 1.48. The summed E-state index contributed by atoms with van der Waals surface area (Å²) in [5.74, 6) is -3.07. The van der Waals surface area contributed by atoms with Crippen LogP contribution in [0.4, 0.5) is 5.69 Å². The second kappa shape index (κ2) is 9.85. The van der Waals surface area contributed by atoms with Crippen molar-refractivity contribution in [2.75, 3.05) is 11.5 Å². The van der Waals surface area contributed by atoms with Gasteiger partial charge in [0, 0.05) is 26.7 Å². The quantitative estimate of drug-likeness (QED) is 0.200. The molecule has 2 aromatic rings. The number of imide groups is 1. The number of phenolic OH excluding ortho intramolecular Hbond substituents is 1. The summed E-state index contributed by atoms with van der Waals surface area (Å²) in [5, 5.41) is 10.3. The summed E-state index contributed by atoms with van der Waals surface area (Å²) in [4.78, 5) is 55.5. The molecule has 9 heteroatoms. The summed E-state index contributed by atoms with van der Waals surface area (Å²) < 4.78 is 6.79. The molecule has 0 spiro atoms. The van der Waals surface area contributed by atoms with Gasteiger partial charge in [0.05, 0.1) is 28.6 Å². The standard InChI is InChI=1S/C30H23BrINO6/c1-2-39-24-11-14(3-10-22(24)34)25-17-8-9-18-26(19(17)12-20-27(25)23(35)13-21(31)28(20)36)30(38)33(29(18)37)16-6-4-15(32)5-7-16/h3-8,10-11,13,18-19,25-26,34H,2,9,12H2,1H3. The van der Waals surface area contributed by atoms with E-state index in [0.29, 0.717) is 35.4 Å². The molecule has 2 amide bonds. The van der Waals surface area contributed by atoms with Crippen molar-refractivity contribution in [1.82, 2.24) is 0 Å². The zero-order chi connectivity index (χ0) is 27.6. The molecule has 4 atom stereocenters. The Morgan fingerprint density at radius 1 is 1.05 bits per heavy atom. The molecule has 6 rings (SSSR count). The SMILES string of the molecule is CCOc1cc(C2C3=CCC4C(=O)N(c5ccc(I)cc5)C(=O)C4C3CC3=C2C(=O)C=C(Br)C3=O)ccc1O. The van der Waals surface area contributed by atoms with Crippen LogP contribution in [0.3, 0.4) is 0 Å². The van der Waals surface area contributed by atoms with Gasteiger partial charge in [-0.15, -0.1) is 0 Å². The number of hydrogen-bond acceptors (Lipinski definition) is 6. The van der Waals surface area contributed by atoms with E-state index in [-0.39, 0.29) is 45.8 Å². The second-order valence-electron chi connectivity index (χ2n) is 10.0. The molecule has 4 aliphatic rings. The van der Waals surface area contributed by atoms with Gasteiger partial charge in [-0.3, -0.25) is 24.1 Å². The van der Waals surface area contributed by atoms with Gasteiger partial charge in [-0.2, -0.15) is 0 Å². The zero-order valence-electron chi connectivity index (χ0n) is 20.8. The van der Waals surface area contributed by atoms with Crippen LogP contribution in [0.2, 0.25) is 0 Å². The molecule has 0 radical (unpaired) electrons. The molecule has 1 N–H and O–H groups in total. The summed E-state index contributed by atoms with van der Waals surface area (Å²) in [5.41, 5.74) is 2.80. The van der Waals surface area contributed by atoms with Crippen LogP contribution in [0.5, 0.6) is 11.5 Å². The van der Waals surface area contributed by atoms with Gasteiger partial charge in [0.2, 0.25) is 11.8 Å². The number of allylic oxidation sites excluding steroid dienone is 6. The topological polar surface area (TPSA) is 101 Å². The first-order valence-electron chi connectivity index (χ1n) is 12.7. The van der Waals surface area contributed by atoms with E-state index in [1.165, 1.54) is 17.0 Å². The van der Waals surface area contributed by atoms with E-state index in [2.05, 4.69) is 38.5 Å². The first kappa shape index (κ1) is 26.2. The van der Waals surface area contributed by atoms with Crippen molar-refractivity contribution in [3.05, 3.63) is 85.0 Å². The number of carbonyl (C=O) groups excluding carboxylic acids is 4. The summed E-state index contributed by atoms with van der Waals surface area (Å²) in [6.45, 7) is 2.14. The predicted octanol–water partition coefficient (Wildman–Crippen LogP) is 5.36. The number of amides is 2. The molecular weight excluding hydrogens is 677 g/mol. The second-order valence-corrected chi connectivity index (χ2v) is 12.1. The van der Waals surface area contributed by atoms with Crippen LogP contribution < -0.4 is 9.64 Å². The minimum absolute atomic E-state index is 0.0294. The summed E-state index contributed by atoms with van der Waals surface area (Å²) in [7, 11) is 0. The highest BCUT2D eigenvalue weighted by molar-refractivity contribution is 14.1. The van der Waals surface area contributed by atoms with Gasteiger partial charge in [-0.25, -0.2) is 0 Å². The monoisotopic (exact) mass is 699 g/mol. The number of rotatable bonds is 4. The number of ketones is 2. The Hall–Kier alpha value is -3.05. The number of ether oxygens (including phenoxy) is 1. The molecule has 7 nitrogen and oxygen atoms in total. The third-order valence-corrected chi connectivity index (χ3v) is 9.34. The average molecular weight is 700 g/mol. The highest BCUT2D eigenvalue weighted by Gasteiger charge is 2.56. The fourth-order valence-electron chi connectivity index (χ4n) is 6.41. The molecule has 1 fully saturated rings. The van der Waals surface area contributed by atoms with E-state index in [4.69, 9.17) is 4.74 Å². The molecule has 0 bridgehead atoms. The van der Waals surface area contributed by atoms with Gasteiger partial charge in [-0.05, 0) is 106 Å². The van der Waals surface area contributed by atoms with Crippen LogP contribution in [0.15, 0.2) is 75.8 Å². The molecule has 1 aliphatic heterocycles. The lowest BCUT2D eigenvalue weighted by Gasteiger charge is -2.42. The number of aromatic hydroxyl groups is 1. The number of nitrogens with zero attached hydrogens (tertiary/aromatic N) is 1. The van der Waals surface area contributed by atoms with Crippen molar-refractivity contribution in [2.45, 2.75) is 25.7 Å². The maximum atomic E-state index is 13.9. The van der Waals surface area contributed by atoms with Crippen molar-refractivity contribution < 1.29 is 29.0 Å². The first-order chi connectivity index (χ1) is 18.7. The Morgan fingerprint density at radius 3 is 2.51 bits per heavy atom. The van der Waals surface area contributed by atoms with Crippen LogP contribution in [0.1, 0.15) is 31.2 Å². The third-order valence-electron chi connectivity index (χ3n) is 8.03. The highest BCUT2D eigenvalue weighted by atomic mass is 127. The number of Topliss-reactive ketones (excluding diaryl/α,β-unsaturated/α-hetero) is 1. The lowest BCUT2D eigenvalue weighted by molar-refractivity contribution is -0.123. The van der Waals surface area contributed by atoms with Crippen molar-refractivity contribution in [2.24, 2.45) is 17.8 Å². The maximum Gasteiger partial charge on any atom is 0.238 e. The largest absolute Gasteiger partial charge is 0.504 e. The van der Waals surface area contributed by atoms with Gasteiger partial charge >= 0.3 is 0 Å². The molecule has 0 aromatic heterocycles. The van der Waals surface area contributed by atoms with Gasteiger partial charge in [0.15, 0.2) is 23.1 Å². The molecule has 3 aliphatic carbocycles. The minimum atomic E-state index is -0.649. The molecule has 39 heavy (non-hydrogen) atoms. The van der Waals surface area contributed by atoms with Crippen molar-refractivity contribution in [1.29, 1.82) is 0 Å². The Bertz CT molecular complexity index is 1560. The van der Waals surface area contributed by atoms with E-state index >= 15 is 0 Å². The molecule has 2 aromatic carbocycles. The summed E-state index contributed by atoms with van der Waals surface area (Å²) >= 11 is 5.42. The molecule has 1 heterocycles.